The van der Waals surface area contributed by atoms with Crippen LogP contribution in [-0.2, 0) is 4.74 Å². The van der Waals surface area contributed by atoms with Crippen molar-refractivity contribution >= 4 is 0 Å². The van der Waals surface area contributed by atoms with Gasteiger partial charge in [0.05, 0.1) is 6.61 Å². The molecule has 0 aromatic heterocycles. The van der Waals surface area contributed by atoms with Gasteiger partial charge in [-0.2, -0.15) is 0 Å². The number of rotatable bonds is 0. The molecule has 0 amide bonds. The zero-order valence-corrected chi connectivity index (χ0v) is 4.55. The first kappa shape index (κ1) is 5.06. The van der Waals surface area contributed by atoms with E-state index in [1.807, 2.05) is 0 Å². The molecule has 1 rings (SSSR count). The van der Waals surface area contributed by atoms with Crippen LogP contribution in [0.1, 0.15) is 13.3 Å². The van der Waals surface area contributed by atoms with E-state index in [1.165, 1.54) is 0 Å². The molecule has 0 bridgehead atoms. The zero-order chi connectivity index (χ0) is 5.28. The van der Waals surface area contributed by atoms with Crippen LogP contribution in [-0.4, -0.2) is 12.8 Å². The van der Waals surface area contributed by atoms with Gasteiger partial charge < -0.3 is 10.5 Å². The Bertz CT molecular complexity index is 57.1. The first-order valence-corrected chi connectivity index (χ1v) is 2.66. The number of nitrogens with two attached hydrogens (primary N) is 1. The highest BCUT2D eigenvalue weighted by molar-refractivity contribution is 4.63. The third-order valence-corrected chi connectivity index (χ3v) is 1.23. The quantitative estimate of drug-likeness (QED) is 0.477. The lowest BCUT2D eigenvalue weighted by Crippen LogP contribution is -2.16. The highest BCUT2D eigenvalue weighted by Crippen LogP contribution is 2.13. The van der Waals surface area contributed by atoms with Gasteiger partial charge in [-0.05, 0) is 12.3 Å². The van der Waals surface area contributed by atoms with Gasteiger partial charge in [0.15, 0.2) is 0 Å². The van der Waals surface area contributed by atoms with Crippen LogP contribution in [0.5, 0.6) is 0 Å². The lowest BCUT2D eigenvalue weighted by molar-refractivity contribution is 0.112. The third kappa shape index (κ3) is 1.14. The highest BCUT2D eigenvalue weighted by Gasteiger charge is 2.16. The molecule has 0 aliphatic carbocycles. The van der Waals surface area contributed by atoms with E-state index < -0.39 is 0 Å². The number of hydrogen-bond acceptors (Lipinski definition) is 2. The van der Waals surface area contributed by atoms with Crippen molar-refractivity contribution in [2.75, 3.05) is 6.61 Å². The predicted molar refractivity (Wildman–Crippen MR) is 27.7 cm³/mol. The van der Waals surface area contributed by atoms with Gasteiger partial charge >= 0.3 is 0 Å². The molecule has 1 fully saturated rings. The summed E-state index contributed by atoms with van der Waals surface area (Å²) in [5, 5.41) is 0. The highest BCUT2D eigenvalue weighted by atomic mass is 16.5. The van der Waals surface area contributed by atoms with Crippen LogP contribution in [0.2, 0.25) is 0 Å². The molecule has 0 spiro atoms. The molecule has 1 aliphatic heterocycles. The largest absolute Gasteiger partial charge is 0.363 e. The molecular formula is C5H11NO. The normalized spacial score (nSPS) is 42.0. The SMILES string of the molecule is CC1COC(N)C1. The monoisotopic (exact) mass is 101 g/mol. The molecule has 1 saturated heterocycles. The Morgan fingerprint density at radius 2 is 2.43 bits per heavy atom. The Balaban J connectivity index is 2.26. The van der Waals surface area contributed by atoms with Crippen LogP contribution in [0.25, 0.3) is 0 Å². The Kier molecular flexibility index (Phi) is 1.30. The summed E-state index contributed by atoms with van der Waals surface area (Å²) in [6.07, 6.45) is 1.05. The maximum atomic E-state index is 5.40. The minimum Gasteiger partial charge on any atom is -0.363 e. The van der Waals surface area contributed by atoms with Crippen molar-refractivity contribution in [1.82, 2.24) is 0 Å². The summed E-state index contributed by atoms with van der Waals surface area (Å²) >= 11 is 0. The molecule has 0 radical (unpaired) electrons. The molecule has 2 N–H and O–H groups in total. The van der Waals surface area contributed by atoms with Crippen molar-refractivity contribution in [3.8, 4) is 0 Å². The van der Waals surface area contributed by atoms with Crippen LogP contribution < -0.4 is 5.73 Å². The van der Waals surface area contributed by atoms with Gasteiger partial charge in [-0.25, -0.2) is 0 Å². The maximum absolute atomic E-state index is 5.40. The average Bonchev–Trinajstić information content (AvgIpc) is 1.87. The summed E-state index contributed by atoms with van der Waals surface area (Å²) < 4.78 is 5.04. The minimum absolute atomic E-state index is 0.0231. The molecule has 0 aromatic rings. The Morgan fingerprint density at radius 3 is 2.57 bits per heavy atom. The molecule has 2 atom stereocenters. The molecule has 0 aromatic carbocycles. The average molecular weight is 101 g/mol. The molecule has 7 heavy (non-hydrogen) atoms. The van der Waals surface area contributed by atoms with Gasteiger partial charge in [-0.1, -0.05) is 6.92 Å². The Morgan fingerprint density at radius 1 is 1.71 bits per heavy atom. The van der Waals surface area contributed by atoms with Crippen LogP contribution in [0.4, 0.5) is 0 Å². The summed E-state index contributed by atoms with van der Waals surface area (Å²) in [5.41, 5.74) is 5.40. The first-order valence-electron chi connectivity index (χ1n) is 2.66. The smallest absolute Gasteiger partial charge is 0.105 e. The minimum atomic E-state index is 0.0231. The second-order valence-corrected chi connectivity index (χ2v) is 2.21. The van der Waals surface area contributed by atoms with Gasteiger partial charge in [0.1, 0.15) is 6.23 Å². The fourth-order valence-corrected chi connectivity index (χ4v) is 0.821. The summed E-state index contributed by atoms with van der Waals surface area (Å²) in [6.45, 7) is 2.99. The lowest BCUT2D eigenvalue weighted by Gasteiger charge is -1.95. The number of hydrogen-bond donors (Lipinski definition) is 1. The van der Waals surface area contributed by atoms with E-state index in [4.69, 9.17) is 10.5 Å². The topological polar surface area (TPSA) is 35.2 Å². The lowest BCUT2D eigenvalue weighted by atomic mass is 10.1. The van der Waals surface area contributed by atoms with E-state index in [0.717, 1.165) is 13.0 Å². The van der Waals surface area contributed by atoms with Gasteiger partial charge in [0.25, 0.3) is 0 Å². The Labute approximate surface area is 43.6 Å². The van der Waals surface area contributed by atoms with E-state index >= 15 is 0 Å². The molecule has 0 saturated carbocycles. The van der Waals surface area contributed by atoms with Crippen LogP contribution in [0.3, 0.4) is 0 Å². The van der Waals surface area contributed by atoms with Gasteiger partial charge in [0.2, 0.25) is 0 Å². The molecular weight excluding hydrogens is 90.1 g/mol. The Hall–Kier alpha value is -0.0800. The summed E-state index contributed by atoms with van der Waals surface area (Å²) in [4.78, 5) is 0. The fourth-order valence-electron chi connectivity index (χ4n) is 0.821. The van der Waals surface area contributed by atoms with Crippen LogP contribution >= 0.6 is 0 Å². The fraction of sp³-hybridized carbons (Fsp3) is 1.00. The molecule has 1 aliphatic rings. The van der Waals surface area contributed by atoms with E-state index in [9.17, 15) is 0 Å². The van der Waals surface area contributed by atoms with Crippen molar-refractivity contribution in [2.45, 2.75) is 19.6 Å². The van der Waals surface area contributed by atoms with Crippen molar-refractivity contribution in [3.05, 3.63) is 0 Å². The zero-order valence-electron chi connectivity index (χ0n) is 4.55. The summed E-state index contributed by atoms with van der Waals surface area (Å²) in [7, 11) is 0. The maximum Gasteiger partial charge on any atom is 0.105 e. The summed E-state index contributed by atoms with van der Waals surface area (Å²) in [5.74, 6) is 0.676. The molecule has 2 unspecified atom stereocenters. The first-order chi connectivity index (χ1) is 3.29. The van der Waals surface area contributed by atoms with Crippen molar-refractivity contribution in [2.24, 2.45) is 11.7 Å². The summed E-state index contributed by atoms with van der Waals surface area (Å²) in [6, 6.07) is 0. The van der Waals surface area contributed by atoms with Gasteiger partial charge in [0, 0.05) is 0 Å². The predicted octanol–water partition coefficient (Wildman–Crippen LogP) is 0.328. The third-order valence-electron chi connectivity index (χ3n) is 1.23. The molecule has 2 nitrogen and oxygen atoms in total. The standard InChI is InChI=1S/C5H11NO/c1-4-2-5(6)7-3-4/h4-5H,2-3,6H2,1H3. The van der Waals surface area contributed by atoms with Crippen LogP contribution in [0, 0.1) is 5.92 Å². The molecule has 42 valence electrons. The van der Waals surface area contributed by atoms with Crippen molar-refractivity contribution < 1.29 is 4.74 Å². The van der Waals surface area contributed by atoms with E-state index in [1.54, 1.807) is 0 Å². The molecule has 1 heterocycles. The van der Waals surface area contributed by atoms with E-state index in [-0.39, 0.29) is 6.23 Å². The van der Waals surface area contributed by atoms with Crippen molar-refractivity contribution in [3.63, 3.8) is 0 Å². The van der Waals surface area contributed by atoms with E-state index in [2.05, 4.69) is 6.92 Å². The molecule has 2 heteroatoms. The van der Waals surface area contributed by atoms with Gasteiger partial charge in [-0.15, -0.1) is 0 Å². The van der Waals surface area contributed by atoms with Crippen LogP contribution in [0.15, 0.2) is 0 Å². The second kappa shape index (κ2) is 1.80. The van der Waals surface area contributed by atoms with E-state index in [0.29, 0.717) is 5.92 Å². The number of ether oxygens (including phenoxy) is 1. The van der Waals surface area contributed by atoms with Gasteiger partial charge in [-0.3, -0.25) is 0 Å². The second-order valence-electron chi connectivity index (χ2n) is 2.21. The van der Waals surface area contributed by atoms with Crippen molar-refractivity contribution in [1.29, 1.82) is 0 Å².